The minimum absolute atomic E-state index is 0.0446. The maximum absolute atomic E-state index is 13.2. The molecule has 0 fully saturated rings. The van der Waals surface area contributed by atoms with Gasteiger partial charge in [-0.05, 0) is 12.1 Å². The van der Waals surface area contributed by atoms with Crippen LogP contribution in [0.5, 0.6) is 5.75 Å². The lowest BCUT2D eigenvalue weighted by molar-refractivity contribution is 0.414. The van der Waals surface area contributed by atoms with Gasteiger partial charge in [-0.3, -0.25) is 0 Å². The molecule has 0 aliphatic heterocycles. The number of nitrogens with one attached hydrogen (secondary N) is 1. The van der Waals surface area contributed by atoms with Gasteiger partial charge in [0.1, 0.15) is 11.6 Å². The van der Waals surface area contributed by atoms with Gasteiger partial charge in [0.2, 0.25) is 10.0 Å². The first-order valence-corrected chi connectivity index (χ1v) is 6.22. The zero-order valence-corrected chi connectivity index (χ0v) is 9.55. The molecule has 0 aromatic heterocycles. The van der Waals surface area contributed by atoms with E-state index in [2.05, 4.69) is 5.32 Å². The van der Waals surface area contributed by atoms with Crippen LogP contribution in [0.1, 0.15) is 0 Å². The van der Waals surface area contributed by atoms with Crippen molar-refractivity contribution in [3.8, 4) is 5.75 Å². The quantitative estimate of drug-likeness (QED) is 0.796. The van der Waals surface area contributed by atoms with Crippen molar-refractivity contribution in [2.75, 3.05) is 24.7 Å². The number of hydrogen-bond donors (Lipinski definition) is 2. The standard InChI is InChI=1S/C9H13FN2O3S/c1-15-7-2-3-8(10)9(6-7)12-4-5-16(11,13)14/h2-3,6,12H,4-5H2,1H3,(H2,11,13,14). The summed E-state index contributed by atoms with van der Waals surface area (Å²) in [4.78, 5) is 0. The third-order valence-electron chi connectivity index (χ3n) is 1.88. The van der Waals surface area contributed by atoms with E-state index in [9.17, 15) is 12.8 Å². The molecule has 0 atom stereocenters. The molecule has 0 saturated heterocycles. The van der Waals surface area contributed by atoms with Crippen LogP contribution in [-0.4, -0.2) is 27.8 Å². The van der Waals surface area contributed by atoms with Gasteiger partial charge in [0, 0.05) is 12.6 Å². The molecule has 0 bridgehead atoms. The minimum atomic E-state index is -3.54. The fourth-order valence-electron chi connectivity index (χ4n) is 1.09. The van der Waals surface area contributed by atoms with Gasteiger partial charge in [0.05, 0.1) is 18.6 Å². The molecule has 90 valence electrons. The van der Waals surface area contributed by atoms with Crippen molar-refractivity contribution in [2.45, 2.75) is 0 Å². The van der Waals surface area contributed by atoms with Crippen LogP contribution in [0.4, 0.5) is 10.1 Å². The van der Waals surface area contributed by atoms with Crippen LogP contribution < -0.4 is 15.2 Å². The second-order valence-electron chi connectivity index (χ2n) is 3.14. The van der Waals surface area contributed by atoms with E-state index in [1.54, 1.807) is 0 Å². The molecule has 0 aliphatic carbocycles. The van der Waals surface area contributed by atoms with E-state index in [4.69, 9.17) is 9.88 Å². The summed E-state index contributed by atoms with van der Waals surface area (Å²) < 4.78 is 39.4. The van der Waals surface area contributed by atoms with Gasteiger partial charge in [-0.2, -0.15) is 0 Å². The molecule has 1 rings (SSSR count). The molecule has 0 saturated carbocycles. The summed E-state index contributed by atoms with van der Waals surface area (Å²) in [6.45, 7) is 0.0446. The number of halogens is 1. The lowest BCUT2D eigenvalue weighted by Crippen LogP contribution is -2.22. The molecular weight excluding hydrogens is 235 g/mol. The van der Waals surface area contributed by atoms with Crippen molar-refractivity contribution in [3.63, 3.8) is 0 Å². The first-order valence-electron chi connectivity index (χ1n) is 4.50. The van der Waals surface area contributed by atoms with Crippen LogP contribution in [0.2, 0.25) is 0 Å². The molecule has 0 amide bonds. The summed E-state index contributed by atoms with van der Waals surface area (Å²) in [5.74, 6) is -0.251. The number of nitrogens with two attached hydrogens (primary N) is 1. The largest absolute Gasteiger partial charge is 0.497 e. The third-order valence-corrected chi connectivity index (χ3v) is 2.65. The molecule has 0 heterocycles. The number of ether oxygens (including phenoxy) is 1. The van der Waals surface area contributed by atoms with Crippen molar-refractivity contribution < 1.29 is 17.5 Å². The molecular formula is C9H13FN2O3S. The fraction of sp³-hybridized carbons (Fsp3) is 0.333. The van der Waals surface area contributed by atoms with Crippen LogP contribution in [-0.2, 0) is 10.0 Å². The maximum atomic E-state index is 13.2. The molecule has 5 nitrogen and oxygen atoms in total. The summed E-state index contributed by atoms with van der Waals surface area (Å²) in [7, 11) is -2.08. The Labute approximate surface area is 93.5 Å². The highest BCUT2D eigenvalue weighted by molar-refractivity contribution is 7.89. The number of hydrogen-bond acceptors (Lipinski definition) is 4. The molecule has 1 aromatic carbocycles. The highest BCUT2D eigenvalue weighted by Crippen LogP contribution is 2.20. The predicted molar refractivity (Wildman–Crippen MR) is 59.4 cm³/mol. The highest BCUT2D eigenvalue weighted by atomic mass is 32.2. The lowest BCUT2D eigenvalue weighted by atomic mass is 10.3. The average Bonchev–Trinajstić information content (AvgIpc) is 2.19. The van der Waals surface area contributed by atoms with Crippen LogP contribution in [0.25, 0.3) is 0 Å². The summed E-state index contributed by atoms with van der Waals surface area (Å²) in [6.07, 6.45) is 0. The van der Waals surface area contributed by atoms with Gasteiger partial charge in [-0.1, -0.05) is 0 Å². The molecule has 0 spiro atoms. The summed E-state index contributed by atoms with van der Waals surface area (Å²) in [5.41, 5.74) is 0.183. The van der Waals surface area contributed by atoms with Crippen LogP contribution in [0.3, 0.4) is 0 Å². The fourth-order valence-corrected chi connectivity index (χ4v) is 1.48. The lowest BCUT2D eigenvalue weighted by Gasteiger charge is -2.08. The molecule has 0 unspecified atom stereocenters. The monoisotopic (exact) mass is 248 g/mol. The van der Waals surface area contributed by atoms with Gasteiger partial charge in [0.25, 0.3) is 0 Å². The summed E-state index contributed by atoms with van der Waals surface area (Å²) >= 11 is 0. The molecule has 1 aromatic rings. The van der Waals surface area contributed by atoms with Gasteiger partial charge in [0.15, 0.2) is 0 Å². The van der Waals surface area contributed by atoms with E-state index in [1.165, 1.54) is 25.3 Å². The zero-order chi connectivity index (χ0) is 12.2. The Hall–Kier alpha value is -1.34. The van der Waals surface area contributed by atoms with Crippen molar-refractivity contribution in [1.82, 2.24) is 0 Å². The second-order valence-corrected chi connectivity index (χ2v) is 4.87. The van der Waals surface area contributed by atoms with Crippen molar-refractivity contribution in [3.05, 3.63) is 24.0 Å². The van der Waals surface area contributed by atoms with E-state index < -0.39 is 15.8 Å². The smallest absolute Gasteiger partial charge is 0.210 e. The molecule has 0 radical (unpaired) electrons. The Morgan fingerprint density at radius 1 is 1.50 bits per heavy atom. The number of anilines is 1. The van der Waals surface area contributed by atoms with E-state index in [-0.39, 0.29) is 18.0 Å². The SMILES string of the molecule is COc1ccc(F)c(NCCS(N)(=O)=O)c1. The molecule has 3 N–H and O–H groups in total. The minimum Gasteiger partial charge on any atom is -0.497 e. The van der Waals surface area contributed by atoms with Crippen LogP contribution in [0.15, 0.2) is 18.2 Å². The van der Waals surface area contributed by atoms with Gasteiger partial charge in [-0.25, -0.2) is 17.9 Å². The highest BCUT2D eigenvalue weighted by Gasteiger charge is 2.06. The van der Waals surface area contributed by atoms with Crippen molar-refractivity contribution in [1.29, 1.82) is 0 Å². The van der Waals surface area contributed by atoms with E-state index >= 15 is 0 Å². The van der Waals surface area contributed by atoms with Gasteiger partial charge < -0.3 is 10.1 Å². The zero-order valence-electron chi connectivity index (χ0n) is 8.73. The first kappa shape index (κ1) is 12.7. The Kier molecular flexibility index (Phi) is 4.08. The molecule has 7 heteroatoms. The Balaban J connectivity index is 2.66. The number of benzene rings is 1. The summed E-state index contributed by atoms with van der Waals surface area (Å²) in [6, 6.07) is 4.15. The topological polar surface area (TPSA) is 81.4 Å². The van der Waals surface area contributed by atoms with Crippen molar-refractivity contribution >= 4 is 15.7 Å². The van der Waals surface area contributed by atoms with Crippen LogP contribution in [0, 0.1) is 5.82 Å². The molecule has 0 aliphatic rings. The predicted octanol–water partition coefficient (Wildman–Crippen LogP) is 0.535. The summed E-state index contributed by atoms with van der Waals surface area (Å²) in [5, 5.41) is 7.44. The Morgan fingerprint density at radius 2 is 2.19 bits per heavy atom. The number of methoxy groups -OCH3 is 1. The number of primary sulfonamides is 1. The second kappa shape index (κ2) is 5.13. The molecule has 16 heavy (non-hydrogen) atoms. The maximum Gasteiger partial charge on any atom is 0.210 e. The van der Waals surface area contributed by atoms with Gasteiger partial charge in [-0.15, -0.1) is 0 Å². The Morgan fingerprint density at radius 3 is 2.75 bits per heavy atom. The Bertz CT molecular complexity index is 462. The average molecular weight is 248 g/mol. The van der Waals surface area contributed by atoms with E-state index in [1.807, 2.05) is 0 Å². The number of sulfonamides is 1. The number of rotatable bonds is 5. The van der Waals surface area contributed by atoms with E-state index in [0.29, 0.717) is 5.75 Å². The normalized spacial score (nSPS) is 11.2. The first-order chi connectivity index (χ1) is 7.42. The van der Waals surface area contributed by atoms with E-state index in [0.717, 1.165) is 0 Å². The third kappa shape index (κ3) is 4.03. The van der Waals surface area contributed by atoms with Gasteiger partial charge >= 0.3 is 0 Å². The van der Waals surface area contributed by atoms with Crippen LogP contribution >= 0.6 is 0 Å². The van der Waals surface area contributed by atoms with Crippen molar-refractivity contribution in [2.24, 2.45) is 5.14 Å².